The molecule has 2 aromatic rings. The van der Waals surface area contributed by atoms with Gasteiger partial charge >= 0.3 is 5.97 Å². The Morgan fingerprint density at radius 1 is 1.32 bits per heavy atom. The van der Waals surface area contributed by atoms with E-state index in [9.17, 15) is 4.79 Å². The first kappa shape index (κ1) is 16.3. The number of likely N-dealkylation sites (tertiary alicyclic amines) is 1. The lowest BCUT2D eigenvalue weighted by Gasteiger charge is -2.46. The summed E-state index contributed by atoms with van der Waals surface area (Å²) in [5.74, 6) is 0.392. The van der Waals surface area contributed by atoms with Crippen LogP contribution < -0.4 is 0 Å². The van der Waals surface area contributed by atoms with Crippen LogP contribution in [0, 0.1) is 11.8 Å². The Labute approximate surface area is 148 Å². The molecule has 5 nitrogen and oxygen atoms in total. The van der Waals surface area contributed by atoms with Gasteiger partial charge in [-0.15, -0.1) is 0 Å². The van der Waals surface area contributed by atoms with Crippen LogP contribution in [0.5, 0.6) is 0 Å². The normalized spacial score (nSPS) is 25.9. The molecule has 2 aliphatic rings. The van der Waals surface area contributed by atoms with Gasteiger partial charge in [0.25, 0.3) is 0 Å². The van der Waals surface area contributed by atoms with E-state index in [2.05, 4.69) is 39.4 Å². The van der Waals surface area contributed by atoms with Gasteiger partial charge in [0, 0.05) is 24.8 Å². The van der Waals surface area contributed by atoms with E-state index >= 15 is 0 Å². The molecule has 1 aliphatic carbocycles. The number of esters is 1. The van der Waals surface area contributed by atoms with Gasteiger partial charge in [-0.25, -0.2) is 0 Å². The molecular formula is C20H25N3O2. The van der Waals surface area contributed by atoms with Crippen LogP contribution in [-0.4, -0.2) is 40.3 Å². The van der Waals surface area contributed by atoms with Gasteiger partial charge < -0.3 is 4.74 Å². The van der Waals surface area contributed by atoms with Crippen molar-refractivity contribution in [3.8, 4) is 0 Å². The fourth-order valence-corrected chi connectivity index (χ4v) is 4.44. The topological polar surface area (TPSA) is 58.2 Å². The highest BCUT2D eigenvalue weighted by atomic mass is 16.5. The van der Waals surface area contributed by atoms with Crippen molar-refractivity contribution >= 4 is 5.97 Å². The Morgan fingerprint density at radius 2 is 2.16 bits per heavy atom. The van der Waals surface area contributed by atoms with Crippen molar-refractivity contribution in [2.75, 3.05) is 13.2 Å². The van der Waals surface area contributed by atoms with E-state index in [0.29, 0.717) is 18.6 Å². The van der Waals surface area contributed by atoms with E-state index in [0.717, 1.165) is 32.4 Å². The zero-order valence-corrected chi connectivity index (χ0v) is 14.6. The number of nitrogens with zero attached hydrogens (tertiary/aromatic N) is 2. The van der Waals surface area contributed by atoms with Crippen LogP contribution in [0.3, 0.4) is 0 Å². The molecule has 25 heavy (non-hydrogen) atoms. The molecule has 0 amide bonds. The minimum absolute atomic E-state index is 0.0330. The number of piperidine rings is 1. The molecule has 1 N–H and O–H groups in total. The largest absolute Gasteiger partial charge is 0.466 e. The predicted octanol–water partition coefficient (Wildman–Crippen LogP) is 2.58. The second-order valence-corrected chi connectivity index (χ2v) is 7.21. The van der Waals surface area contributed by atoms with Crippen molar-refractivity contribution in [2.45, 2.75) is 38.8 Å². The number of carbonyl (C=O) groups is 1. The Kier molecular flexibility index (Phi) is 4.57. The van der Waals surface area contributed by atoms with Gasteiger partial charge in [0.05, 0.1) is 18.7 Å². The number of hydrogen-bond donors (Lipinski definition) is 1. The molecule has 1 aliphatic heterocycles. The summed E-state index contributed by atoms with van der Waals surface area (Å²) in [6.07, 6.45) is 4.86. The fourth-order valence-electron chi connectivity index (χ4n) is 4.44. The molecule has 4 rings (SSSR count). The summed E-state index contributed by atoms with van der Waals surface area (Å²) in [6, 6.07) is 11.0. The summed E-state index contributed by atoms with van der Waals surface area (Å²) < 4.78 is 5.33. The summed E-state index contributed by atoms with van der Waals surface area (Å²) in [5, 5.41) is 7.36. The molecule has 1 aromatic carbocycles. The van der Waals surface area contributed by atoms with Crippen molar-refractivity contribution in [3.05, 3.63) is 53.3 Å². The molecule has 2 heterocycles. The maximum absolute atomic E-state index is 12.4. The smallest absolute Gasteiger partial charge is 0.310 e. The maximum atomic E-state index is 12.4. The Bertz CT molecular complexity index is 728. The number of carbonyl (C=O) groups excluding carboxylic acids is 1. The first-order valence-electron chi connectivity index (χ1n) is 9.20. The highest BCUT2D eigenvalue weighted by Gasteiger charge is 2.42. The number of ether oxygens (including phenoxy) is 1. The minimum atomic E-state index is -0.0468. The predicted molar refractivity (Wildman–Crippen MR) is 94.9 cm³/mol. The quantitative estimate of drug-likeness (QED) is 0.870. The van der Waals surface area contributed by atoms with E-state index < -0.39 is 0 Å². The highest BCUT2D eigenvalue weighted by molar-refractivity contribution is 5.73. The van der Waals surface area contributed by atoms with Crippen LogP contribution in [0.25, 0.3) is 0 Å². The van der Waals surface area contributed by atoms with Crippen LogP contribution in [0.4, 0.5) is 0 Å². The molecule has 1 saturated heterocycles. The van der Waals surface area contributed by atoms with Gasteiger partial charge in [-0.1, -0.05) is 30.3 Å². The van der Waals surface area contributed by atoms with Crippen molar-refractivity contribution in [1.29, 1.82) is 0 Å². The van der Waals surface area contributed by atoms with Crippen LogP contribution in [0.1, 0.15) is 30.2 Å². The second kappa shape index (κ2) is 7.00. The number of nitrogens with one attached hydrogen (secondary N) is 1. The van der Waals surface area contributed by atoms with E-state index in [1.807, 2.05) is 19.2 Å². The van der Waals surface area contributed by atoms with E-state index in [-0.39, 0.29) is 11.9 Å². The average molecular weight is 339 g/mol. The van der Waals surface area contributed by atoms with Crippen molar-refractivity contribution in [3.63, 3.8) is 0 Å². The van der Waals surface area contributed by atoms with Gasteiger partial charge in [0.2, 0.25) is 0 Å². The second-order valence-electron chi connectivity index (χ2n) is 7.21. The molecular weight excluding hydrogens is 314 g/mol. The lowest BCUT2D eigenvalue weighted by Crippen LogP contribution is -2.53. The van der Waals surface area contributed by atoms with Gasteiger partial charge in [-0.3, -0.25) is 14.8 Å². The SMILES string of the molecule is CCOC(=O)C1CC2Cc3[nH]ncc3CC2N(Cc2ccccc2)C1. The summed E-state index contributed by atoms with van der Waals surface area (Å²) in [5.41, 5.74) is 3.86. The molecule has 0 bridgehead atoms. The summed E-state index contributed by atoms with van der Waals surface area (Å²) >= 11 is 0. The molecule has 132 valence electrons. The zero-order chi connectivity index (χ0) is 17.2. The Hall–Kier alpha value is -2.14. The monoisotopic (exact) mass is 339 g/mol. The number of rotatable bonds is 4. The summed E-state index contributed by atoms with van der Waals surface area (Å²) in [4.78, 5) is 14.9. The van der Waals surface area contributed by atoms with Crippen LogP contribution in [0.2, 0.25) is 0 Å². The fraction of sp³-hybridized carbons (Fsp3) is 0.500. The number of H-pyrrole nitrogens is 1. The third-order valence-corrected chi connectivity index (χ3v) is 5.61. The Balaban J connectivity index is 1.58. The van der Waals surface area contributed by atoms with Gasteiger partial charge in [0.1, 0.15) is 0 Å². The van der Waals surface area contributed by atoms with E-state index in [1.165, 1.54) is 16.8 Å². The summed E-state index contributed by atoms with van der Waals surface area (Å²) in [7, 11) is 0. The maximum Gasteiger partial charge on any atom is 0.310 e. The Morgan fingerprint density at radius 3 is 2.96 bits per heavy atom. The van der Waals surface area contributed by atoms with Crippen molar-refractivity contribution in [2.24, 2.45) is 11.8 Å². The average Bonchev–Trinajstić information content (AvgIpc) is 3.08. The molecule has 0 spiro atoms. The molecule has 5 heteroatoms. The number of aromatic amines is 1. The lowest BCUT2D eigenvalue weighted by molar-refractivity contribution is -0.152. The van der Waals surface area contributed by atoms with Crippen molar-refractivity contribution in [1.82, 2.24) is 15.1 Å². The standard InChI is InChI=1S/C20H25N3O2/c1-2-25-20(24)17-8-15-9-18-16(11-21-22-18)10-19(15)23(13-17)12-14-6-4-3-5-7-14/h3-7,11,15,17,19H,2,8-10,12-13H2,1H3,(H,21,22). The zero-order valence-electron chi connectivity index (χ0n) is 14.6. The van der Waals surface area contributed by atoms with Crippen molar-refractivity contribution < 1.29 is 9.53 Å². The van der Waals surface area contributed by atoms with E-state index in [4.69, 9.17) is 4.74 Å². The van der Waals surface area contributed by atoms with Gasteiger partial charge in [0.15, 0.2) is 0 Å². The third-order valence-electron chi connectivity index (χ3n) is 5.61. The minimum Gasteiger partial charge on any atom is -0.466 e. The van der Waals surface area contributed by atoms with Gasteiger partial charge in [-0.05, 0) is 43.2 Å². The number of fused-ring (bicyclic) bond motifs is 2. The number of aromatic nitrogens is 2. The molecule has 3 atom stereocenters. The molecule has 0 radical (unpaired) electrons. The van der Waals surface area contributed by atoms with Gasteiger partial charge in [-0.2, -0.15) is 5.10 Å². The molecule has 3 unspecified atom stereocenters. The summed E-state index contributed by atoms with van der Waals surface area (Å²) in [6.45, 7) is 3.99. The lowest BCUT2D eigenvalue weighted by atomic mass is 9.74. The van der Waals surface area contributed by atoms with Crippen LogP contribution in [0.15, 0.2) is 36.5 Å². The van der Waals surface area contributed by atoms with Crippen LogP contribution in [-0.2, 0) is 28.9 Å². The highest BCUT2D eigenvalue weighted by Crippen LogP contribution is 2.37. The number of benzene rings is 1. The first-order valence-corrected chi connectivity index (χ1v) is 9.20. The molecule has 1 aromatic heterocycles. The molecule has 1 fully saturated rings. The third kappa shape index (κ3) is 3.33. The first-order chi connectivity index (χ1) is 12.2. The molecule has 0 saturated carbocycles. The number of hydrogen-bond acceptors (Lipinski definition) is 4. The van der Waals surface area contributed by atoms with E-state index in [1.54, 1.807) is 0 Å². The van der Waals surface area contributed by atoms with Crippen LogP contribution >= 0.6 is 0 Å².